The van der Waals surface area contributed by atoms with E-state index in [1.54, 1.807) is 24.5 Å². The van der Waals surface area contributed by atoms with E-state index in [2.05, 4.69) is 30.4 Å². The summed E-state index contributed by atoms with van der Waals surface area (Å²) < 4.78 is 11.3. The molecule has 1 spiro atoms. The van der Waals surface area contributed by atoms with Crippen molar-refractivity contribution in [2.45, 2.75) is 82.0 Å². The first kappa shape index (κ1) is 29.3. The maximum Gasteiger partial charge on any atom is 0.251 e. The van der Waals surface area contributed by atoms with E-state index in [-0.39, 0.29) is 23.9 Å². The first-order valence-corrected chi connectivity index (χ1v) is 16.4. The molecule has 11 nitrogen and oxygen atoms in total. The first-order chi connectivity index (χ1) is 21.5. The molecule has 1 aromatic carbocycles. The first-order valence-electron chi connectivity index (χ1n) is 16.4. The highest BCUT2D eigenvalue weighted by atomic mass is 16.5. The minimum absolute atomic E-state index is 0.0566. The molecule has 236 valence electrons. The molecule has 7 rings (SSSR count). The molecule has 2 N–H and O–H groups in total. The van der Waals surface area contributed by atoms with E-state index in [1.807, 2.05) is 25.2 Å². The van der Waals surface area contributed by atoms with E-state index < -0.39 is 5.41 Å². The summed E-state index contributed by atoms with van der Waals surface area (Å²) in [6.45, 7) is 4.28. The Balaban J connectivity index is 1.02. The Morgan fingerprint density at radius 3 is 2.59 bits per heavy atom. The summed E-state index contributed by atoms with van der Waals surface area (Å²) >= 11 is 0. The molecular formula is C33H45N7O4. The second kappa shape index (κ2) is 12.2. The Hall–Kier alpha value is -3.44. The Bertz CT molecular complexity index is 1370. The third kappa shape index (κ3) is 5.49. The molecule has 1 saturated heterocycles. The zero-order valence-electron chi connectivity index (χ0n) is 26.0. The Kier molecular flexibility index (Phi) is 8.09. The Labute approximate surface area is 259 Å². The maximum atomic E-state index is 14.0. The number of carbonyl (C=O) groups is 2. The Morgan fingerprint density at radius 2 is 1.84 bits per heavy atom. The largest absolute Gasteiger partial charge is 0.495 e. The van der Waals surface area contributed by atoms with Crippen LogP contribution in [0.15, 0.2) is 30.7 Å². The molecule has 2 aliphatic heterocycles. The van der Waals surface area contributed by atoms with Crippen LogP contribution < -0.4 is 25.2 Å². The molecule has 2 amide bonds. The van der Waals surface area contributed by atoms with Crippen molar-refractivity contribution in [3.8, 4) is 5.75 Å². The van der Waals surface area contributed by atoms with Crippen molar-refractivity contribution in [1.29, 1.82) is 0 Å². The highest BCUT2D eigenvalue weighted by Gasteiger charge is 2.64. The van der Waals surface area contributed by atoms with E-state index in [4.69, 9.17) is 9.47 Å². The number of ether oxygens (including phenoxy) is 2. The van der Waals surface area contributed by atoms with Gasteiger partial charge >= 0.3 is 0 Å². The van der Waals surface area contributed by atoms with Crippen molar-refractivity contribution >= 4 is 29.0 Å². The van der Waals surface area contributed by atoms with Gasteiger partial charge in [-0.3, -0.25) is 14.5 Å². The molecule has 4 fully saturated rings. The minimum atomic E-state index is -0.570. The van der Waals surface area contributed by atoms with Gasteiger partial charge in [-0.25, -0.2) is 9.97 Å². The number of aromatic nitrogens is 2. The van der Waals surface area contributed by atoms with Gasteiger partial charge in [-0.15, -0.1) is 0 Å². The van der Waals surface area contributed by atoms with Crippen LogP contribution in [0, 0.1) is 5.41 Å². The van der Waals surface area contributed by atoms with Crippen molar-refractivity contribution in [3.63, 3.8) is 0 Å². The summed E-state index contributed by atoms with van der Waals surface area (Å²) in [6.07, 6.45) is 12.9. The summed E-state index contributed by atoms with van der Waals surface area (Å²) in [5, 5.41) is 6.88. The van der Waals surface area contributed by atoms with Crippen LogP contribution in [-0.4, -0.2) is 97.9 Å². The van der Waals surface area contributed by atoms with Gasteiger partial charge in [0.15, 0.2) is 5.82 Å². The average Bonchev–Trinajstić information content (AvgIpc) is 3.50. The van der Waals surface area contributed by atoms with Crippen molar-refractivity contribution in [2.24, 2.45) is 5.41 Å². The Morgan fingerprint density at radius 1 is 1.07 bits per heavy atom. The highest BCUT2D eigenvalue weighted by Crippen LogP contribution is 2.54. The van der Waals surface area contributed by atoms with Crippen molar-refractivity contribution in [3.05, 3.63) is 36.3 Å². The predicted molar refractivity (Wildman–Crippen MR) is 168 cm³/mol. The lowest BCUT2D eigenvalue weighted by Gasteiger charge is -2.38. The van der Waals surface area contributed by atoms with Crippen LogP contribution in [0.2, 0.25) is 0 Å². The number of amides is 2. The third-order valence-corrected chi connectivity index (χ3v) is 10.7. The third-order valence-electron chi connectivity index (χ3n) is 10.7. The number of nitrogens with one attached hydrogen (secondary N) is 2. The van der Waals surface area contributed by atoms with E-state index in [0.717, 1.165) is 88.4 Å². The number of morpholine rings is 1. The lowest BCUT2D eigenvalue weighted by Crippen LogP contribution is -2.47. The molecule has 2 unspecified atom stereocenters. The van der Waals surface area contributed by atoms with Crippen LogP contribution in [0.3, 0.4) is 0 Å². The number of rotatable bonds is 7. The molecule has 3 saturated carbocycles. The van der Waals surface area contributed by atoms with Crippen LogP contribution in [0.5, 0.6) is 5.75 Å². The summed E-state index contributed by atoms with van der Waals surface area (Å²) in [6, 6.07) is 6.67. The number of nitrogens with zero attached hydrogens (tertiary/aromatic N) is 5. The molecule has 1 aromatic heterocycles. The molecule has 11 heteroatoms. The minimum Gasteiger partial charge on any atom is -0.495 e. The fourth-order valence-electron chi connectivity index (χ4n) is 8.02. The van der Waals surface area contributed by atoms with Crippen molar-refractivity contribution in [1.82, 2.24) is 20.2 Å². The van der Waals surface area contributed by atoms with Crippen LogP contribution in [0.1, 0.15) is 68.1 Å². The molecule has 2 aromatic rings. The molecular weight excluding hydrogens is 558 g/mol. The van der Waals surface area contributed by atoms with Gasteiger partial charge in [0.05, 0.1) is 37.6 Å². The van der Waals surface area contributed by atoms with E-state index in [1.165, 1.54) is 12.8 Å². The standard InChI is InChI=1S/C33H45N7O4/c1-38-27-19-34-21-35-30(27)40(25-5-3-4-6-25)20-33(32(38)42)18-29(33)37-26-12-7-22(17-28(26)43-2)31(41)36-23-8-10-24(11-9-23)39-13-15-44-16-14-39/h7,12,17,19,21,23-25,29,37H,3-6,8-11,13-16,18,20H2,1-2H3,(H,36,41)/t23-,24-,29?,33?. The fraction of sp³-hybridized carbons (Fsp3) is 0.636. The van der Waals surface area contributed by atoms with Crippen LogP contribution in [0.25, 0.3) is 0 Å². The average molecular weight is 604 g/mol. The predicted octanol–water partition coefficient (Wildman–Crippen LogP) is 3.45. The van der Waals surface area contributed by atoms with Gasteiger partial charge in [-0.1, -0.05) is 12.8 Å². The summed E-state index contributed by atoms with van der Waals surface area (Å²) in [7, 11) is 3.46. The van der Waals surface area contributed by atoms with Gasteiger partial charge in [-0.2, -0.15) is 0 Å². The van der Waals surface area contributed by atoms with E-state index >= 15 is 0 Å². The number of fused-ring (bicyclic) bond motifs is 1. The quantitative estimate of drug-likeness (QED) is 0.492. The summed E-state index contributed by atoms with van der Waals surface area (Å²) in [5.74, 6) is 1.48. The smallest absolute Gasteiger partial charge is 0.251 e. The van der Waals surface area contributed by atoms with Gasteiger partial charge in [0.25, 0.3) is 5.91 Å². The van der Waals surface area contributed by atoms with Gasteiger partial charge in [-0.05, 0) is 63.1 Å². The number of anilines is 3. The maximum absolute atomic E-state index is 14.0. The second-order valence-electron chi connectivity index (χ2n) is 13.3. The SMILES string of the molecule is COc1cc(C(=O)N[C@H]2CC[C@H](N3CCOCC3)CC2)ccc1NC1CC12CN(C1CCCC1)c1ncncc1N(C)C2=O. The number of hydrogen-bond acceptors (Lipinski definition) is 9. The molecule has 44 heavy (non-hydrogen) atoms. The number of benzene rings is 1. The summed E-state index contributed by atoms with van der Waals surface area (Å²) in [5.41, 5.74) is 1.58. The zero-order chi connectivity index (χ0) is 30.3. The van der Waals surface area contributed by atoms with Gasteiger partial charge in [0.2, 0.25) is 5.91 Å². The van der Waals surface area contributed by atoms with Crippen LogP contribution >= 0.6 is 0 Å². The van der Waals surface area contributed by atoms with Gasteiger partial charge in [0, 0.05) is 56.4 Å². The molecule has 3 aliphatic carbocycles. The van der Waals surface area contributed by atoms with E-state index in [0.29, 0.717) is 29.9 Å². The van der Waals surface area contributed by atoms with Crippen LogP contribution in [-0.2, 0) is 9.53 Å². The second-order valence-corrected chi connectivity index (χ2v) is 13.3. The zero-order valence-corrected chi connectivity index (χ0v) is 26.0. The molecule has 3 heterocycles. The number of carbonyl (C=O) groups excluding carboxylic acids is 2. The van der Waals surface area contributed by atoms with Crippen molar-refractivity contribution in [2.75, 3.05) is 62.1 Å². The van der Waals surface area contributed by atoms with Gasteiger partial charge < -0.3 is 29.9 Å². The van der Waals surface area contributed by atoms with Crippen LogP contribution in [0.4, 0.5) is 17.2 Å². The highest BCUT2D eigenvalue weighted by molar-refractivity contribution is 6.04. The van der Waals surface area contributed by atoms with Crippen molar-refractivity contribution < 1.29 is 19.1 Å². The number of hydrogen-bond donors (Lipinski definition) is 2. The molecule has 0 bridgehead atoms. The summed E-state index contributed by atoms with van der Waals surface area (Å²) in [4.78, 5) is 42.8. The van der Waals surface area contributed by atoms with E-state index in [9.17, 15) is 9.59 Å². The fourth-order valence-corrected chi connectivity index (χ4v) is 8.02. The monoisotopic (exact) mass is 603 g/mol. The molecule has 5 aliphatic rings. The molecule has 0 radical (unpaired) electrons. The lowest BCUT2D eigenvalue weighted by molar-refractivity contribution is -0.123. The lowest BCUT2D eigenvalue weighted by atomic mass is 9.89. The topological polar surface area (TPSA) is 112 Å². The molecule has 2 atom stereocenters. The number of methoxy groups -OCH3 is 1. The van der Waals surface area contributed by atoms with Gasteiger partial charge in [0.1, 0.15) is 17.8 Å². The normalized spacial score (nSPS) is 29.3.